The number of aromatic nitrogens is 2. The van der Waals surface area contributed by atoms with Crippen molar-refractivity contribution in [2.75, 3.05) is 5.73 Å². The average Bonchev–Trinajstić information content (AvgIpc) is 1.77. The van der Waals surface area contributed by atoms with Gasteiger partial charge in [0.15, 0.2) is 4.60 Å². The topological polar surface area (TPSA) is 51.8 Å². The first kappa shape index (κ1) is 5.50. The monoisotopic (exact) mass is 173 g/mol. The van der Waals surface area contributed by atoms with E-state index in [1.165, 1.54) is 0 Å². The second kappa shape index (κ2) is 2.09. The van der Waals surface area contributed by atoms with Crippen LogP contribution in [0, 0.1) is 0 Å². The van der Waals surface area contributed by atoms with Crippen LogP contribution >= 0.6 is 15.9 Å². The Kier molecular flexibility index (Phi) is 1.43. The quantitative estimate of drug-likeness (QED) is 0.633. The molecule has 0 radical (unpaired) electrons. The minimum atomic E-state index is 0.597. The van der Waals surface area contributed by atoms with Gasteiger partial charge >= 0.3 is 0 Å². The van der Waals surface area contributed by atoms with E-state index >= 15 is 0 Å². The van der Waals surface area contributed by atoms with Crippen LogP contribution in [0.2, 0.25) is 0 Å². The maximum absolute atomic E-state index is 5.37. The van der Waals surface area contributed by atoms with Crippen LogP contribution in [0.15, 0.2) is 16.9 Å². The van der Waals surface area contributed by atoms with E-state index in [4.69, 9.17) is 5.73 Å². The molecule has 0 bridgehead atoms. The normalized spacial score (nSPS) is 9.12. The summed E-state index contributed by atoms with van der Waals surface area (Å²) in [6.45, 7) is 0. The Balaban J connectivity index is 3.13. The number of hydrogen-bond acceptors (Lipinski definition) is 3. The van der Waals surface area contributed by atoms with Gasteiger partial charge in [0.05, 0.1) is 11.9 Å². The number of nitrogen functional groups attached to an aromatic ring is 1. The summed E-state index contributed by atoms with van der Waals surface area (Å²) in [5, 5.41) is 7.19. The van der Waals surface area contributed by atoms with Crippen LogP contribution in [-0.4, -0.2) is 10.2 Å². The smallest absolute Gasteiger partial charge is 0.151 e. The third-order valence-electron chi connectivity index (χ3n) is 0.705. The highest BCUT2D eigenvalue weighted by Crippen LogP contribution is 2.11. The van der Waals surface area contributed by atoms with Crippen molar-refractivity contribution in [3.05, 3.63) is 16.9 Å². The Bertz CT molecular complexity index is 167. The van der Waals surface area contributed by atoms with Gasteiger partial charge in [0.25, 0.3) is 0 Å². The van der Waals surface area contributed by atoms with Gasteiger partial charge < -0.3 is 5.73 Å². The van der Waals surface area contributed by atoms with E-state index in [-0.39, 0.29) is 0 Å². The van der Waals surface area contributed by atoms with Gasteiger partial charge in [-0.15, -0.1) is 5.10 Å². The van der Waals surface area contributed by atoms with Gasteiger partial charge in [-0.3, -0.25) is 0 Å². The van der Waals surface area contributed by atoms with Crippen molar-refractivity contribution in [2.45, 2.75) is 0 Å². The molecule has 1 heterocycles. The van der Waals surface area contributed by atoms with E-state index in [1.54, 1.807) is 12.3 Å². The zero-order valence-electron chi connectivity index (χ0n) is 4.00. The molecule has 0 unspecified atom stereocenters. The fraction of sp³-hybridized carbons (Fsp3) is 0. The van der Waals surface area contributed by atoms with Crippen LogP contribution in [0.25, 0.3) is 0 Å². The SMILES string of the molecule is Nc1ccnnc1Br. The Morgan fingerprint density at radius 2 is 2.38 bits per heavy atom. The van der Waals surface area contributed by atoms with E-state index in [0.29, 0.717) is 10.3 Å². The average molecular weight is 174 g/mol. The third-order valence-corrected chi connectivity index (χ3v) is 1.32. The van der Waals surface area contributed by atoms with Crippen LogP contribution in [-0.2, 0) is 0 Å². The van der Waals surface area contributed by atoms with Gasteiger partial charge in [-0.2, -0.15) is 5.10 Å². The summed E-state index contributed by atoms with van der Waals surface area (Å²) < 4.78 is 0.597. The molecule has 3 nitrogen and oxygen atoms in total. The maximum Gasteiger partial charge on any atom is 0.151 e. The molecule has 0 aliphatic heterocycles. The zero-order chi connectivity index (χ0) is 5.98. The summed E-state index contributed by atoms with van der Waals surface area (Å²) in [5.41, 5.74) is 5.98. The van der Waals surface area contributed by atoms with Crippen LogP contribution < -0.4 is 5.73 Å². The van der Waals surface area contributed by atoms with Gasteiger partial charge in [-0.25, -0.2) is 0 Å². The number of halogens is 1. The van der Waals surface area contributed by atoms with Crippen molar-refractivity contribution >= 4 is 21.6 Å². The van der Waals surface area contributed by atoms with Gasteiger partial charge in [0.2, 0.25) is 0 Å². The summed E-state index contributed by atoms with van der Waals surface area (Å²) in [6, 6.07) is 1.68. The third kappa shape index (κ3) is 0.949. The van der Waals surface area contributed by atoms with E-state index in [9.17, 15) is 0 Å². The largest absolute Gasteiger partial charge is 0.396 e. The molecule has 1 aromatic heterocycles. The Labute approximate surface area is 55.0 Å². The lowest BCUT2D eigenvalue weighted by Crippen LogP contribution is -1.89. The van der Waals surface area contributed by atoms with Crippen molar-refractivity contribution in [2.24, 2.45) is 0 Å². The van der Waals surface area contributed by atoms with Gasteiger partial charge in [-0.05, 0) is 22.0 Å². The molecule has 0 atom stereocenters. The van der Waals surface area contributed by atoms with Crippen LogP contribution in [0.5, 0.6) is 0 Å². The predicted molar refractivity (Wildman–Crippen MR) is 34.1 cm³/mol. The van der Waals surface area contributed by atoms with Crippen LogP contribution in [0.3, 0.4) is 0 Å². The van der Waals surface area contributed by atoms with Crippen LogP contribution in [0.1, 0.15) is 0 Å². The first-order valence-corrected chi connectivity index (χ1v) is 2.82. The summed E-state index contributed by atoms with van der Waals surface area (Å²) in [7, 11) is 0. The van der Waals surface area contributed by atoms with E-state index in [0.717, 1.165) is 0 Å². The molecule has 8 heavy (non-hydrogen) atoms. The molecule has 0 aromatic carbocycles. The lowest BCUT2D eigenvalue weighted by Gasteiger charge is -1.89. The zero-order valence-corrected chi connectivity index (χ0v) is 5.59. The lowest BCUT2D eigenvalue weighted by molar-refractivity contribution is 1.01. The highest BCUT2D eigenvalue weighted by molar-refractivity contribution is 9.10. The molecule has 0 amide bonds. The second-order valence-electron chi connectivity index (χ2n) is 1.28. The first-order chi connectivity index (χ1) is 3.80. The van der Waals surface area contributed by atoms with Gasteiger partial charge in [0, 0.05) is 0 Å². The number of nitrogens with zero attached hydrogens (tertiary/aromatic N) is 2. The van der Waals surface area contributed by atoms with Crippen LogP contribution in [0.4, 0.5) is 5.69 Å². The second-order valence-corrected chi connectivity index (χ2v) is 2.03. The Hall–Kier alpha value is -0.640. The minimum absolute atomic E-state index is 0.597. The molecule has 1 rings (SSSR count). The number of anilines is 1. The molecule has 0 fully saturated rings. The molecule has 0 aliphatic carbocycles. The summed E-state index contributed by atoms with van der Waals surface area (Å²) in [6.07, 6.45) is 1.54. The van der Waals surface area contributed by atoms with E-state index < -0.39 is 0 Å². The van der Waals surface area contributed by atoms with Gasteiger partial charge in [0.1, 0.15) is 0 Å². The first-order valence-electron chi connectivity index (χ1n) is 2.03. The lowest BCUT2D eigenvalue weighted by atomic mass is 10.5. The fourth-order valence-electron chi connectivity index (χ4n) is 0.324. The van der Waals surface area contributed by atoms with E-state index in [2.05, 4.69) is 26.1 Å². The number of nitrogens with two attached hydrogens (primary N) is 1. The Morgan fingerprint density at radius 3 is 2.75 bits per heavy atom. The molecule has 4 heteroatoms. The molecule has 0 saturated heterocycles. The highest BCUT2D eigenvalue weighted by atomic mass is 79.9. The van der Waals surface area contributed by atoms with Crippen molar-refractivity contribution in [3.63, 3.8) is 0 Å². The standard InChI is InChI=1S/C4H4BrN3/c5-4-3(6)1-2-7-8-4/h1-2H,(H2,6,7). The molecule has 0 saturated carbocycles. The van der Waals surface area contributed by atoms with E-state index in [1.807, 2.05) is 0 Å². The fourth-order valence-corrected chi connectivity index (χ4v) is 0.548. The molecule has 1 aromatic rings. The molecule has 42 valence electrons. The van der Waals surface area contributed by atoms with Crippen molar-refractivity contribution in [3.8, 4) is 0 Å². The van der Waals surface area contributed by atoms with Gasteiger partial charge in [-0.1, -0.05) is 0 Å². The summed E-state index contributed by atoms with van der Waals surface area (Å²) in [5.74, 6) is 0. The Morgan fingerprint density at radius 1 is 1.62 bits per heavy atom. The number of rotatable bonds is 0. The number of hydrogen-bond donors (Lipinski definition) is 1. The maximum atomic E-state index is 5.37. The summed E-state index contributed by atoms with van der Waals surface area (Å²) in [4.78, 5) is 0. The molecule has 2 N–H and O–H groups in total. The van der Waals surface area contributed by atoms with Crippen molar-refractivity contribution in [1.29, 1.82) is 0 Å². The minimum Gasteiger partial charge on any atom is -0.396 e. The molecular formula is C4H4BrN3. The van der Waals surface area contributed by atoms with Crippen molar-refractivity contribution in [1.82, 2.24) is 10.2 Å². The highest BCUT2D eigenvalue weighted by Gasteiger charge is 1.90. The molecule has 0 spiro atoms. The van der Waals surface area contributed by atoms with Crippen molar-refractivity contribution < 1.29 is 0 Å². The molecular weight excluding hydrogens is 170 g/mol. The summed E-state index contributed by atoms with van der Waals surface area (Å²) >= 11 is 3.10. The molecule has 0 aliphatic rings. The predicted octanol–water partition coefficient (Wildman–Crippen LogP) is 0.821.